The van der Waals surface area contributed by atoms with Crippen molar-refractivity contribution in [2.75, 3.05) is 0 Å². The van der Waals surface area contributed by atoms with Gasteiger partial charge in [-0.15, -0.1) is 0 Å². The molecule has 1 aromatic carbocycles. The topological polar surface area (TPSA) is 4.93 Å². The maximum atomic E-state index is 13.9. The first-order valence-corrected chi connectivity index (χ1v) is 5.65. The Morgan fingerprint density at radius 1 is 1.06 bits per heavy atom. The number of aromatic nitrogens is 1. The predicted octanol–water partition coefficient (Wildman–Crippen LogP) is 3.87. The molecule has 0 aliphatic heterocycles. The lowest BCUT2D eigenvalue weighted by molar-refractivity contribution is 0.0965. The van der Waals surface area contributed by atoms with E-state index in [9.17, 15) is 8.78 Å². The second kappa shape index (κ2) is 4.29. The minimum absolute atomic E-state index is 0.0151. The van der Waals surface area contributed by atoms with Crippen LogP contribution in [0.1, 0.15) is 5.69 Å². The monoisotopic (exact) mass is 239 g/mol. The van der Waals surface area contributed by atoms with Crippen molar-refractivity contribution >= 4 is 11.8 Å². The van der Waals surface area contributed by atoms with Crippen molar-refractivity contribution < 1.29 is 8.78 Å². The second-order valence-corrected chi connectivity index (χ2v) is 4.62. The average molecular weight is 239 g/mol. The fraction of sp³-hybridized carbons (Fsp3) is 0.167. The largest absolute Gasteiger partial charge is 0.349 e. The third-order valence-electron chi connectivity index (χ3n) is 2.23. The van der Waals surface area contributed by atoms with Crippen LogP contribution >= 0.6 is 11.8 Å². The van der Waals surface area contributed by atoms with Crippen LogP contribution in [-0.2, 0) is 12.3 Å². The van der Waals surface area contributed by atoms with Crippen molar-refractivity contribution in [1.82, 2.24) is 4.57 Å². The van der Waals surface area contributed by atoms with Crippen molar-refractivity contribution in [2.24, 2.45) is 7.05 Å². The summed E-state index contributed by atoms with van der Waals surface area (Å²) in [7, 11) is 1.62. The highest BCUT2D eigenvalue weighted by atomic mass is 32.2. The zero-order chi connectivity index (χ0) is 11.6. The summed E-state index contributed by atoms with van der Waals surface area (Å²) in [5.74, 6) is 0. The summed E-state index contributed by atoms with van der Waals surface area (Å²) >= 11 is 0.564. The molecule has 0 aliphatic carbocycles. The Morgan fingerprint density at radius 3 is 2.31 bits per heavy atom. The first-order valence-electron chi connectivity index (χ1n) is 4.83. The van der Waals surface area contributed by atoms with E-state index in [0.717, 1.165) is 0 Å². The van der Waals surface area contributed by atoms with Gasteiger partial charge in [-0.3, -0.25) is 0 Å². The van der Waals surface area contributed by atoms with E-state index >= 15 is 0 Å². The lowest BCUT2D eigenvalue weighted by Gasteiger charge is -2.16. The zero-order valence-electron chi connectivity index (χ0n) is 8.73. The van der Waals surface area contributed by atoms with Gasteiger partial charge in [-0.2, -0.15) is 8.78 Å². The Balaban J connectivity index is 2.24. The van der Waals surface area contributed by atoms with Gasteiger partial charge in [0.15, 0.2) is 0 Å². The molecule has 0 aliphatic rings. The van der Waals surface area contributed by atoms with Gasteiger partial charge >= 0.3 is 5.25 Å². The van der Waals surface area contributed by atoms with Crippen LogP contribution < -0.4 is 0 Å². The molecular formula is C12H11F2NS. The van der Waals surface area contributed by atoms with Crippen molar-refractivity contribution in [1.29, 1.82) is 0 Å². The molecule has 0 atom stereocenters. The van der Waals surface area contributed by atoms with E-state index < -0.39 is 5.25 Å². The predicted molar refractivity (Wildman–Crippen MR) is 61.6 cm³/mol. The van der Waals surface area contributed by atoms with Crippen molar-refractivity contribution in [2.45, 2.75) is 10.2 Å². The number of rotatable bonds is 3. The lowest BCUT2D eigenvalue weighted by atomic mass is 10.4. The van der Waals surface area contributed by atoms with Crippen molar-refractivity contribution in [3.63, 3.8) is 0 Å². The molecule has 4 heteroatoms. The second-order valence-electron chi connectivity index (χ2n) is 3.44. The summed E-state index contributed by atoms with van der Waals surface area (Å²) in [6.45, 7) is 0. The number of thioether (sulfide) groups is 1. The van der Waals surface area contributed by atoms with Gasteiger partial charge < -0.3 is 4.57 Å². The molecule has 0 unspecified atom stereocenters. The number of halogens is 2. The highest BCUT2D eigenvalue weighted by Crippen LogP contribution is 2.43. The van der Waals surface area contributed by atoms with Crippen LogP contribution in [0.25, 0.3) is 0 Å². The van der Waals surface area contributed by atoms with Crippen LogP contribution in [0, 0.1) is 0 Å². The van der Waals surface area contributed by atoms with E-state index in [1.54, 1.807) is 43.6 Å². The van der Waals surface area contributed by atoms with Crippen LogP contribution in [0.2, 0.25) is 0 Å². The van der Waals surface area contributed by atoms with E-state index in [-0.39, 0.29) is 5.69 Å². The summed E-state index contributed by atoms with van der Waals surface area (Å²) in [6, 6.07) is 11.7. The molecule has 0 saturated heterocycles. The van der Waals surface area contributed by atoms with E-state index in [2.05, 4.69) is 0 Å². The standard InChI is InChI=1S/C12H11F2NS/c1-15-9-5-8-11(15)12(13,14)16-10-6-3-2-4-7-10/h2-9H,1H3. The third kappa shape index (κ3) is 2.27. The van der Waals surface area contributed by atoms with Gasteiger partial charge in [0.05, 0.1) is 5.69 Å². The lowest BCUT2D eigenvalue weighted by Crippen LogP contribution is -2.12. The van der Waals surface area contributed by atoms with Crippen LogP contribution in [-0.4, -0.2) is 4.57 Å². The Morgan fingerprint density at radius 2 is 1.75 bits per heavy atom. The quantitative estimate of drug-likeness (QED) is 0.736. The Kier molecular flexibility index (Phi) is 3.01. The molecule has 1 aromatic heterocycles. The summed E-state index contributed by atoms with van der Waals surface area (Å²) < 4.78 is 29.2. The molecule has 1 nitrogen and oxygen atoms in total. The number of hydrogen-bond acceptors (Lipinski definition) is 1. The molecule has 16 heavy (non-hydrogen) atoms. The van der Waals surface area contributed by atoms with Crippen LogP contribution in [0.3, 0.4) is 0 Å². The normalized spacial score (nSPS) is 11.7. The summed E-state index contributed by atoms with van der Waals surface area (Å²) in [6.07, 6.45) is 1.62. The molecule has 2 rings (SSSR count). The van der Waals surface area contributed by atoms with Gasteiger partial charge in [0.2, 0.25) is 0 Å². The molecular weight excluding hydrogens is 228 g/mol. The molecule has 0 spiro atoms. The Labute approximate surface area is 97.1 Å². The summed E-state index contributed by atoms with van der Waals surface area (Å²) in [5, 5.41) is -2.90. The Hall–Kier alpha value is -1.29. The first-order chi connectivity index (χ1) is 7.59. The summed E-state index contributed by atoms with van der Waals surface area (Å²) in [5.41, 5.74) is 0.0151. The van der Waals surface area contributed by atoms with Gasteiger partial charge in [0.1, 0.15) is 0 Å². The molecule has 0 saturated carbocycles. The van der Waals surface area contributed by atoms with Crippen molar-refractivity contribution in [3.05, 3.63) is 54.4 Å². The molecule has 84 valence electrons. The minimum atomic E-state index is -2.90. The number of benzene rings is 1. The van der Waals surface area contributed by atoms with E-state index in [1.807, 2.05) is 6.07 Å². The molecule has 0 fully saturated rings. The van der Waals surface area contributed by atoms with Crippen LogP contribution in [0.4, 0.5) is 8.78 Å². The van der Waals surface area contributed by atoms with Gasteiger partial charge in [0.25, 0.3) is 0 Å². The van der Waals surface area contributed by atoms with E-state index in [1.165, 1.54) is 10.6 Å². The Bertz CT molecular complexity index is 465. The van der Waals surface area contributed by atoms with Crippen LogP contribution in [0.15, 0.2) is 53.6 Å². The van der Waals surface area contributed by atoms with E-state index in [0.29, 0.717) is 16.7 Å². The highest BCUT2D eigenvalue weighted by Gasteiger charge is 2.35. The highest BCUT2D eigenvalue weighted by molar-refractivity contribution is 8.00. The minimum Gasteiger partial charge on any atom is -0.349 e. The van der Waals surface area contributed by atoms with Crippen molar-refractivity contribution in [3.8, 4) is 0 Å². The smallest absolute Gasteiger partial charge is 0.338 e. The number of aryl methyl sites for hydroxylation is 1. The molecule has 0 N–H and O–H groups in total. The SMILES string of the molecule is Cn1cccc1C(F)(F)Sc1ccccc1. The molecule has 0 radical (unpaired) electrons. The third-order valence-corrected chi connectivity index (χ3v) is 3.20. The van der Waals surface area contributed by atoms with Gasteiger partial charge in [0, 0.05) is 18.1 Å². The molecule has 0 amide bonds. The van der Waals surface area contributed by atoms with Gasteiger partial charge in [-0.25, -0.2) is 0 Å². The summed E-state index contributed by atoms with van der Waals surface area (Å²) in [4.78, 5) is 0.564. The van der Waals surface area contributed by atoms with Gasteiger partial charge in [-0.1, -0.05) is 18.2 Å². The fourth-order valence-electron chi connectivity index (χ4n) is 1.45. The molecule has 1 heterocycles. The fourth-order valence-corrected chi connectivity index (χ4v) is 2.36. The average Bonchev–Trinajstić information content (AvgIpc) is 2.66. The first kappa shape index (κ1) is 11.2. The van der Waals surface area contributed by atoms with Gasteiger partial charge in [-0.05, 0) is 36.0 Å². The maximum Gasteiger partial charge on any atom is 0.338 e. The molecule has 2 aromatic rings. The number of hydrogen-bond donors (Lipinski definition) is 0. The number of alkyl halides is 2. The molecule has 0 bridgehead atoms. The number of nitrogens with zero attached hydrogens (tertiary/aromatic N) is 1. The van der Waals surface area contributed by atoms with Crippen LogP contribution in [0.5, 0.6) is 0 Å². The zero-order valence-corrected chi connectivity index (χ0v) is 9.55. The van der Waals surface area contributed by atoms with E-state index in [4.69, 9.17) is 0 Å². The maximum absolute atomic E-state index is 13.9.